The molecule has 1 unspecified atom stereocenters. The van der Waals surface area contributed by atoms with Crippen molar-refractivity contribution in [3.63, 3.8) is 0 Å². The predicted octanol–water partition coefficient (Wildman–Crippen LogP) is 4.64. The predicted molar refractivity (Wildman–Crippen MR) is 92.9 cm³/mol. The van der Waals surface area contributed by atoms with Crippen molar-refractivity contribution in [2.45, 2.75) is 58.5 Å². The Morgan fingerprint density at radius 1 is 1.16 bits per heavy atom. The first-order valence-corrected chi connectivity index (χ1v) is 9.32. The van der Waals surface area contributed by atoms with Crippen LogP contribution < -0.4 is 4.74 Å². The highest BCUT2D eigenvalue weighted by Crippen LogP contribution is 2.22. The van der Waals surface area contributed by atoms with Crippen molar-refractivity contribution >= 4 is 0 Å². The number of aromatic nitrogens is 1. The minimum absolute atomic E-state index is 0.0681. The summed E-state index contributed by atoms with van der Waals surface area (Å²) >= 11 is 0. The number of alkyl halides is 3. The second-order valence-corrected chi connectivity index (χ2v) is 6.85. The molecule has 2 heterocycles. The van der Waals surface area contributed by atoms with Crippen molar-refractivity contribution in [2.75, 3.05) is 26.2 Å². The Labute approximate surface area is 148 Å². The van der Waals surface area contributed by atoms with Gasteiger partial charge in [0.1, 0.15) is 0 Å². The van der Waals surface area contributed by atoms with Crippen LogP contribution in [0, 0.1) is 5.92 Å². The number of pyridine rings is 1. The van der Waals surface area contributed by atoms with Crippen LogP contribution in [0.3, 0.4) is 0 Å². The van der Waals surface area contributed by atoms with Crippen LogP contribution in [0.2, 0.25) is 0 Å². The Kier molecular flexibility index (Phi) is 7.54. The van der Waals surface area contributed by atoms with Crippen LogP contribution in [-0.2, 0) is 12.8 Å². The first kappa shape index (κ1) is 20.0. The molecule has 0 bridgehead atoms. The van der Waals surface area contributed by atoms with E-state index in [-0.39, 0.29) is 5.88 Å². The largest absolute Gasteiger partial charge is 0.468 e. The van der Waals surface area contributed by atoms with E-state index in [1.54, 1.807) is 6.07 Å². The molecule has 25 heavy (non-hydrogen) atoms. The topological polar surface area (TPSA) is 25.4 Å². The van der Waals surface area contributed by atoms with E-state index < -0.39 is 12.8 Å². The maximum Gasteiger partial charge on any atom is 0.422 e. The second kappa shape index (κ2) is 9.41. The first-order chi connectivity index (χ1) is 11.9. The Morgan fingerprint density at radius 2 is 1.92 bits per heavy atom. The molecule has 3 nitrogen and oxygen atoms in total. The molecule has 142 valence electrons. The van der Waals surface area contributed by atoms with Crippen molar-refractivity contribution < 1.29 is 17.9 Å². The zero-order chi connectivity index (χ0) is 18.3. The lowest BCUT2D eigenvalue weighted by Crippen LogP contribution is -2.28. The highest BCUT2D eigenvalue weighted by atomic mass is 19.4. The van der Waals surface area contributed by atoms with Crippen LogP contribution in [0.1, 0.15) is 50.8 Å². The third-order valence-corrected chi connectivity index (χ3v) is 4.92. The fraction of sp³-hybridized carbons (Fsp3) is 0.737. The van der Waals surface area contributed by atoms with Crippen molar-refractivity contribution in [3.8, 4) is 5.88 Å². The minimum atomic E-state index is -4.33. The number of ether oxygens (including phenoxy) is 1. The average Bonchev–Trinajstić information content (AvgIpc) is 2.78. The SMILES string of the molecule is CCCC(CC)CCN1CCc2ccc(OCC(F)(F)F)nc2CC1. The van der Waals surface area contributed by atoms with Crippen LogP contribution >= 0.6 is 0 Å². The molecule has 1 aliphatic heterocycles. The summed E-state index contributed by atoms with van der Waals surface area (Å²) in [5, 5.41) is 0. The summed E-state index contributed by atoms with van der Waals surface area (Å²) in [7, 11) is 0. The van der Waals surface area contributed by atoms with Crippen LogP contribution in [0.5, 0.6) is 5.88 Å². The van der Waals surface area contributed by atoms with E-state index in [2.05, 4.69) is 23.7 Å². The Bertz CT molecular complexity index is 534. The number of fused-ring (bicyclic) bond motifs is 1. The van der Waals surface area contributed by atoms with Gasteiger partial charge in [-0.05, 0) is 30.9 Å². The molecule has 0 aromatic carbocycles. The third kappa shape index (κ3) is 6.84. The van der Waals surface area contributed by atoms with Crippen molar-refractivity contribution in [2.24, 2.45) is 5.92 Å². The second-order valence-electron chi connectivity index (χ2n) is 6.85. The fourth-order valence-electron chi connectivity index (χ4n) is 3.39. The molecule has 1 atom stereocenters. The van der Waals surface area contributed by atoms with Gasteiger partial charge in [-0.15, -0.1) is 0 Å². The molecule has 0 amide bonds. The minimum Gasteiger partial charge on any atom is -0.468 e. The van der Waals surface area contributed by atoms with E-state index >= 15 is 0 Å². The van der Waals surface area contributed by atoms with Crippen LogP contribution in [0.15, 0.2) is 12.1 Å². The first-order valence-electron chi connectivity index (χ1n) is 9.32. The van der Waals surface area contributed by atoms with Gasteiger partial charge >= 0.3 is 6.18 Å². The molecular weight excluding hydrogens is 329 g/mol. The van der Waals surface area contributed by atoms with Gasteiger partial charge in [-0.2, -0.15) is 13.2 Å². The maximum atomic E-state index is 12.3. The highest BCUT2D eigenvalue weighted by molar-refractivity contribution is 5.27. The molecule has 1 aliphatic rings. The van der Waals surface area contributed by atoms with Crippen LogP contribution in [0.4, 0.5) is 13.2 Å². The van der Waals surface area contributed by atoms with E-state index in [0.29, 0.717) is 0 Å². The quantitative estimate of drug-likeness (QED) is 0.677. The molecule has 0 saturated heterocycles. The van der Waals surface area contributed by atoms with Crippen molar-refractivity contribution in [1.82, 2.24) is 9.88 Å². The zero-order valence-corrected chi connectivity index (χ0v) is 15.2. The summed E-state index contributed by atoms with van der Waals surface area (Å²) < 4.78 is 41.6. The van der Waals surface area contributed by atoms with Crippen molar-refractivity contribution in [1.29, 1.82) is 0 Å². The lowest BCUT2D eigenvalue weighted by atomic mass is 9.97. The zero-order valence-electron chi connectivity index (χ0n) is 15.2. The number of nitrogens with zero attached hydrogens (tertiary/aromatic N) is 2. The van der Waals surface area contributed by atoms with Gasteiger partial charge in [0.15, 0.2) is 6.61 Å². The Morgan fingerprint density at radius 3 is 2.60 bits per heavy atom. The summed E-state index contributed by atoms with van der Waals surface area (Å²) in [6, 6.07) is 3.41. The van der Waals surface area contributed by atoms with Gasteiger partial charge in [-0.25, -0.2) is 4.98 Å². The molecule has 2 rings (SSSR count). The normalized spacial score (nSPS) is 17.0. The monoisotopic (exact) mass is 358 g/mol. The number of rotatable bonds is 8. The average molecular weight is 358 g/mol. The number of hydrogen-bond acceptors (Lipinski definition) is 3. The van der Waals surface area contributed by atoms with E-state index in [1.807, 2.05) is 6.07 Å². The van der Waals surface area contributed by atoms with Crippen molar-refractivity contribution in [3.05, 3.63) is 23.4 Å². The summed E-state index contributed by atoms with van der Waals surface area (Å²) in [5.41, 5.74) is 2.00. The summed E-state index contributed by atoms with van der Waals surface area (Å²) in [6.45, 7) is 6.18. The molecule has 0 aliphatic carbocycles. The van der Waals surface area contributed by atoms with Gasteiger partial charge in [0.05, 0.1) is 0 Å². The lowest BCUT2D eigenvalue weighted by Gasteiger charge is -2.22. The number of hydrogen-bond donors (Lipinski definition) is 0. The van der Waals surface area contributed by atoms with Gasteiger partial charge in [-0.1, -0.05) is 39.2 Å². The van der Waals surface area contributed by atoms with Crippen LogP contribution in [-0.4, -0.2) is 42.3 Å². The third-order valence-electron chi connectivity index (χ3n) is 4.92. The van der Waals surface area contributed by atoms with E-state index in [1.165, 1.54) is 25.7 Å². The molecule has 0 radical (unpaired) electrons. The van der Waals surface area contributed by atoms with Crippen LogP contribution in [0.25, 0.3) is 0 Å². The molecule has 0 N–H and O–H groups in total. The van der Waals surface area contributed by atoms with E-state index in [9.17, 15) is 13.2 Å². The number of halogens is 3. The molecule has 0 fully saturated rings. The standard InChI is InChI=1S/C19H29F3N2O/c1-3-5-15(4-2)8-11-24-12-9-16-6-7-18(23-17(16)10-13-24)25-14-19(20,21)22/h6-7,15H,3-5,8-14H2,1-2H3. The smallest absolute Gasteiger partial charge is 0.422 e. The maximum absolute atomic E-state index is 12.3. The Balaban J connectivity index is 1.88. The molecular formula is C19H29F3N2O. The summed E-state index contributed by atoms with van der Waals surface area (Å²) in [5.74, 6) is 0.856. The molecule has 0 spiro atoms. The van der Waals surface area contributed by atoms with E-state index in [4.69, 9.17) is 4.74 Å². The molecule has 1 aromatic heterocycles. The lowest BCUT2D eigenvalue weighted by molar-refractivity contribution is -0.154. The van der Waals surface area contributed by atoms with Gasteiger partial charge in [-0.3, -0.25) is 0 Å². The van der Waals surface area contributed by atoms with Gasteiger partial charge in [0.2, 0.25) is 5.88 Å². The molecule has 0 saturated carbocycles. The summed E-state index contributed by atoms with van der Waals surface area (Å²) in [6.07, 6.45) is 2.28. The van der Waals surface area contributed by atoms with E-state index in [0.717, 1.165) is 49.7 Å². The van der Waals surface area contributed by atoms with Gasteiger partial charge < -0.3 is 9.64 Å². The highest BCUT2D eigenvalue weighted by Gasteiger charge is 2.28. The molecule has 6 heteroatoms. The summed E-state index contributed by atoms with van der Waals surface area (Å²) in [4.78, 5) is 6.76. The van der Waals surface area contributed by atoms with Gasteiger partial charge in [0, 0.05) is 31.3 Å². The fourth-order valence-corrected chi connectivity index (χ4v) is 3.39. The molecule has 1 aromatic rings. The van der Waals surface area contributed by atoms with Gasteiger partial charge in [0.25, 0.3) is 0 Å². The Hall–Kier alpha value is -1.30.